The van der Waals surface area contributed by atoms with Crippen LogP contribution in [-0.2, 0) is 9.36 Å². The first-order chi connectivity index (χ1) is 5.91. The maximum Gasteiger partial charge on any atom is 0.335 e. The Hall–Kier alpha value is -0.230. The lowest BCUT2D eigenvalue weighted by atomic mass is 9.94. The molecule has 0 fully saturated rings. The Balaban J connectivity index is 4.02. The molecular weight excluding hydrogens is 183 g/mol. The van der Waals surface area contributed by atoms with Crippen molar-refractivity contribution in [3.63, 3.8) is 0 Å². The molecule has 0 rings (SSSR count). The summed E-state index contributed by atoms with van der Waals surface area (Å²) < 4.78 is 11.1. The van der Waals surface area contributed by atoms with E-state index in [0.29, 0.717) is 24.4 Å². The van der Waals surface area contributed by atoms with Crippen molar-refractivity contribution in [2.45, 2.75) is 33.6 Å². The molecule has 3 heteroatoms. The van der Waals surface area contributed by atoms with Crippen molar-refractivity contribution in [3.05, 3.63) is 0 Å². The number of carbonyl (C=O) groups excluding carboxylic acids is 1. The number of carbonyl (C=O) groups is 1. The molecule has 2 unspecified atom stereocenters. The van der Waals surface area contributed by atoms with E-state index in [0.717, 1.165) is 6.42 Å². The van der Waals surface area contributed by atoms with E-state index >= 15 is 0 Å². The lowest BCUT2D eigenvalue weighted by Crippen LogP contribution is -2.11. The SMILES string of the molecule is CC(=O)CC(CC(C)C)C[P+](C)=O. The van der Waals surface area contributed by atoms with Gasteiger partial charge in [0, 0.05) is 12.3 Å². The minimum Gasteiger partial charge on any atom is -0.300 e. The molecule has 0 bridgehead atoms. The molecule has 0 aliphatic rings. The summed E-state index contributed by atoms with van der Waals surface area (Å²) in [6.45, 7) is 7.62. The molecule has 0 spiro atoms. The number of rotatable bonds is 6. The van der Waals surface area contributed by atoms with Crippen LogP contribution >= 0.6 is 7.80 Å². The van der Waals surface area contributed by atoms with E-state index in [9.17, 15) is 9.36 Å². The van der Waals surface area contributed by atoms with E-state index in [1.807, 2.05) is 0 Å². The zero-order chi connectivity index (χ0) is 10.4. The Morgan fingerprint density at radius 3 is 2.23 bits per heavy atom. The second kappa shape index (κ2) is 6.26. The Morgan fingerprint density at radius 2 is 1.92 bits per heavy atom. The predicted octanol–water partition coefficient (Wildman–Crippen LogP) is 3.09. The third kappa shape index (κ3) is 8.11. The van der Waals surface area contributed by atoms with Crippen molar-refractivity contribution in [2.24, 2.45) is 11.8 Å². The normalized spacial score (nSPS) is 14.4. The van der Waals surface area contributed by atoms with E-state index in [-0.39, 0.29) is 5.78 Å². The molecule has 0 saturated heterocycles. The Bertz CT molecular complexity index is 171. The highest BCUT2D eigenvalue weighted by Crippen LogP contribution is 2.26. The van der Waals surface area contributed by atoms with Gasteiger partial charge in [0.15, 0.2) is 0 Å². The summed E-state index contributed by atoms with van der Waals surface area (Å²) in [5, 5.41) is 0. The fourth-order valence-electron chi connectivity index (χ4n) is 1.66. The monoisotopic (exact) mass is 203 g/mol. The summed E-state index contributed by atoms with van der Waals surface area (Å²) in [7, 11) is -1.10. The molecule has 2 atom stereocenters. The molecular formula is C10H20O2P+. The minimum atomic E-state index is -1.10. The van der Waals surface area contributed by atoms with Gasteiger partial charge >= 0.3 is 7.80 Å². The van der Waals surface area contributed by atoms with E-state index < -0.39 is 7.80 Å². The molecule has 76 valence electrons. The summed E-state index contributed by atoms with van der Waals surface area (Å²) in [4.78, 5) is 10.9. The Labute approximate surface area is 81.9 Å². The number of hydrogen-bond acceptors (Lipinski definition) is 2. The fourth-order valence-corrected chi connectivity index (χ4v) is 2.66. The highest BCUT2D eigenvalue weighted by atomic mass is 31.1. The topological polar surface area (TPSA) is 34.1 Å². The molecule has 0 aromatic rings. The first-order valence-electron chi connectivity index (χ1n) is 4.79. The van der Waals surface area contributed by atoms with Gasteiger partial charge in [-0.2, -0.15) is 0 Å². The van der Waals surface area contributed by atoms with Crippen LogP contribution in [0.25, 0.3) is 0 Å². The first-order valence-corrected chi connectivity index (χ1v) is 6.68. The van der Waals surface area contributed by atoms with Crippen LogP contribution in [0.4, 0.5) is 0 Å². The molecule has 0 aromatic heterocycles. The van der Waals surface area contributed by atoms with Crippen molar-refractivity contribution in [1.29, 1.82) is 0 Å². The molecule has 0 aliphatic carbocycles. The van der Waals surface area contributed by atoms with Crippen LogP contribution in [0.15, 0.2) is 0 Å². The van der Waals surface area contributed by atoms with Crippen LogP contribution in [0.5, 0.6) is 0 Å². The summed E-state index contributed by atoms with van der Waals surface area (Å²) in [5.41, 5.74) is 0. The standard InChI is InChI=1S/C10H20O2P/c1-8(2)5-10(6-9(3)11)7-13(4)12/h8,10H,5-7H2,1-4H3/q+1. The average Bonchev–Trinajstić information content (AvgIpc) is 1.80. The zero-order valence-corrected chi connectivity index (χ0v) is 9.93. The van der Waals surface area contributed by atoms with Gasteiger partial charge < -0.3 is 4.79 Å². The van der Waals surface area contributed by atoms with Crippen LogP contribution in [0.1, 0.15) is 33.6 Å². The van der Waals surface area contributed by atoms with Gasteiger partial charge in [0.1, 0.15) is 18.6 Å². The highest BCUT2D eigenvalue weighted by molar-refractivity contribution is 7.43. The summed E-state index contributed by atoms with van der Waals surface area (Å²) in [6, 6.07) is 0. The molecule has 0 aliphatic heterocycles. The van der Waals surface area contributed by atoms with Gasteiger partial charge in [-0.3, -0.25) is 0 Å². The van der Waals surface area contributed by atoms with Gasteiger partial charge in [-0.25, -0.2) is 0 Å². The lowest BCUT2D eigenvalue weighted by molar-refractivity contribution is -0.117. The number of Topliss-reactive ketones (excluding diaryl/α,β-unsaturated/α-hetero) is 1. The maximum atomic E-state index is 11.1. The largest absolute Gasteiger partial charge is 0.335 e. The number of ketones is 1. The van der Waals surface area contributed by atoms with Gasteiger partial charge in [-0.15, -0.1) is 0 Å². The predicted molar refractivity (Wildman–Crippen MR) is 56.6 cm³/mol. The Kier molecular flexibility index (Phi) is 6.15. The third-order valence-corrected chi connectivity index (χ3v) is 2.93. The van der Waals surface area contributed by atoms with E-state index in [4.69, 9.17) is 0 Å². The molecule has 0 N–H and O–H groups in total. The van der Waals surface area contributed by atoms with E-state index in [1.165, 1.54) is 0 Å². The smallest absolute Gasteiger partial charge is 0.300 e. The van der Waals surface area contributed by atoms with Crippen molar-refractivity contribution in [3.8, 4) is 0 Å². The van der Waals surface area contributed by atoms with Crippen molar-refractivity contribution >= 4 is 13.6 Å². The van der Waals surface area contributed by atoms with Crippen LogP contribution in [0.3, 0.4) is 0 Å². The zero-order valence-electron chi connectivity index (χ0n) is 9.04. The molecule has 0 aromatic carbocycles. The van der Waals surface area contributed by atoms with Gasteiger partial charge in [0.25, 0.3) is 0 Å². The maximum absolute atomic E-state index is 11.1. The van der Waals surface area contributed by atoms with Crippen molar-refractivity contribution in [1.82, 2.24) is 0 Å². The van der Waals surface area contributed by atoms with Crippen LogP contribution in [-0.4, -0.2) is 18.6 Å². The first kappa shape index (κ1) is 12.8. The molecule has 0 saturated carbocycles. The van der Waals surface area contributed by atoms with Crippen LogP contribution in [0, 0.1) is 11.8 Å². The van der Waals surface area contributed by atoms with Gasteiger partial charge in [-0.1, -0.05) is 18.4 Å². The summed E-state index contributed by atoms with van der Waals surface area (Å²) in [6.07, 6.45) is 2.30. The molecule has 0 heterocycles. The Morgan fingerprint density at radius 1 is 1.38 bits per heavy atom. The van der Waals surface area contributed by atoms with Gasteiger partial charge in [0.2, 0.25) is 0 Å². The molecule has 0 amide bonds. The third-order valence-electron chi connectivity index (χ3n) is 1.90. The summed E-state index contributed by atoms with van der Waals surface area (Å²) >= 11 is 0. The molecule has 13 heavy (non-hydrogen) atoms. The number of hydrogen-bond donors (Lipinski definition) is 0. The molecule has 2 nitrogen and oxygen atoms in total. The van der Waals surface area contributed by atoms with Crippen molar-refractivity contribution < 1.29 is 9.36 Å². The van der Waals surface area contributed by atoms with Gasteiger partial charge in [-0.05, 0) is 19.3 Å². The minimum absolute atomic E-state index is 0.211. The fraction of sp³-hybridized carbons (Fsp3) is 0.900. The van der Waals surface area contributed by atoms with Crippen molar-refractivity contribution in [2.75, 3.05) is 12.8 Å². The second-order valence-electron chi connectivity index (χ2n) is 4.21. The average molecular weight is 203 g/mol. The van der Waals surface area contributed by atoms with Crippen LogP contribution in [0.2, 0.25) is 0 Å². The van der Waals surface area contributed by atoms with E-state index in [2.05, 4.69) is 13.8 Å². The van der Waals surface area contributed by atoms with E-state index in [1.54, 1.807) is 13.6 Å². The van der Waals surface area contributed by atoms with Crippen LogP contribution < -0.4 is 0 Å². The van der Waals surface area contributed by atoms with Gasteiger partial charge in [0.05, 0.1) is 0 Å². The second-order valence-corrected chi connectivity index (χ2v) is 5.83. The quantitative estimate of drug-likeness (QED) is 0.621. The molecule has 0 radical (unpaired) electrons. The highest BCUT2D eigenvalue weighted by Gasteiger charge is 2.20. The summed E-state index contributed by atoms with van der Waals surface area (Å²) in [5.74, 6) is 1.12. The lowest BCUT2D eigenvalue weighted by Gasteiger charge is -2.12.